The highest BCUT2D eigenvalue weighted by Gasteiger charge is 2.17. The van der Waals surface area contributed by atoms with Crippen molar-refractivity contribution >= 4 is 11.8 Å². The van der Waals surface area contributed by atoms with E-state index < -0.39 is 12.0 Å². The Labute approximate surface area is 100 Å². The van der Waals surface area contributed by atoms with Crippen molar-refractivity contribution in [1.82, 2.24) is 4.98 Å². The highest BCUT2D eigenvalue weighted by molar-refractivity contribution is 5.75. The number of carboxylic acids is 1. The van der Waals surface area contributed by atoms with Gasteiger partial charge in [0.25, 0.3) is 0 Å². The number of aromatic nitrogens is 1. The van der Waals surface area contributed by atoms with Crippen LogP contribution < -0.4 is 10.6 Å². The number of anilines is 1. The van der Waals surface area contributed by atoms with Crippen molar-refractivity contribution in [3.8, 4) is 0 Å². The molecule has 1 unspecified atom stereocenters. The van der Waals surface area contributed by atoms with Gasteiger partial charge in [-0.05, 0) is 37.0 Å². The van der Waals surface area contributed by atoms with Crippen LogP contribution in [0.2, 0.25) is 0 Å². The minimum Gasteiger partial charge on any atom is -0.480 e. The van der Waals surface area contributed by atoms with Gasteiger partial charge in [-0.1, -0.05) is 0 Å². The normalized spacial score (nSPS) is 17.8. The average molecular weight is 235 g/mol. The van der Waals surface area contributed by atoms with Crippen molar-refractivity contribution in [3.05, 3.63) is 23.9 Å². The largest absolute Gasteiger partial charge is 0.480 e. The van der Waals surface area contributed by atoms with Crippen molar-refractivity contribution in [2.45, 2.75) is 25.3 Å². The third-order valence-electron chi connectivity index (χ3n) is 3.07. The minimum absolute atomic E-state index is 0.605. The van der Waals surface area contributed by atoms with Crippen molar-refractivity contribution in [2.75, 3.05) is 18.0 Å². The molecule has 0 amide bonds. The number of hydrogen-bond acceptors (Lipinski definition) is 4. The third-order valence-corrected chi connectivity index (χ3v) is 3.07. The second-order valence-corrected chi connectivity index (χ2v) is 4.31. The maximum Gasteiger partial charge on any atom is 0.325 e. The molecular weight excluding hydrogens is 218 g/mol. The van der Waals surface area contributed by atoms with Gasteiger partial charge in [0.1, 0.15) is 11.9 Å². The molecule has 1 aromatic heterocycles. The quantitative estimate of drug-likeness (QED) is 0.821. The number of carboxylic acid groups (broad SMARTS) is 1. The van der Waals surface area contributed by atoms with Crippen LogP contribution in [-0.4, -0.2) is 29.1 Å². The van der Waals surface area contributed by atoms with E-state index >= 15 is 0 Å². The lowest BCUT2D eigenvalue weighted by atomic mass is 10.1. The maximum absolute atomic E-state index is 10.8. The molecule has 0 radical (unpaired) electrons. The topological polar surface area (TPSA) is 79.5 Å². The summed E-state index contributed by atoms with van der Waals surface area (Å²) in [6.07, 6.45) is 5.21. The second kappa shape index (κ2) is 5.14. The Morgan fingerprint density at radius 3 is 2.76 bits per heavy atom. The van der Waals surface area contributed by atoms with Crippen molar-refractivity contribution < 1.29 is 9.90 Å². The van der Waals surface area contributed by atoms with Crippen LogP contribution in [0.25, 0.3) is 0 Å². The Balaban J connectivity index is 2.18. The van der Waals surface area contributed by atoms with Crippen LogP contribution >= 0.6 is 0 Å². The molecule has 0 aromatic carbocycles. The van der Waals surface area contributed by atoms with Crippen LogP contribution in [0.1, 0.15) is 30.9 Å². The maximum atomic E-state index is 10.8. The van der Waals surface area contributed by atoms with Gasteiger partial charge in [-0.2, -0.15) is 0 Å². The standard InChI is InChI=1S/C12H17N3O2/c13-11(12(16)17)9-4-5-14-10(8-9)15-6-2-1-3-7-15/h4-5,8,11H,1-3,6-7,13H2,(H,16,17). The van der Waals surface area contributed by atoms with E-state index in [9.17, 15) is 4.79 Å². The minimum atomic E-state index is -1.01. The lowest BCUT2D eigenvalue weighted by Gasteiger charge is -2.28. The molecule has 0 bridgehead atoms. The molecule has 1 atom stereocenters. The van der Waals surface area contributed by atoms with Gasteiger partial charge in [0, 0.05) is 19.3 Å². The van der Waals surface area contributed by atoms with Gasteiger partial charge in [0.15, 0.2) is 0 Å². The molecular formula is C12H17N3O2. The van der Waals surface area contributed by atoms with Crippen LogP contribution in [-0.2, 0) is 4.79 Å². The molecule has 92 valence electrons. The number of nitrogens with zero attached hydrogens (tertiary/aromatic N) is 2. The number of aliphatic carboxylic acids is 1. The SMILES string of the molecule is NC(C(=O)O)c1ccnc(N2CCCCC2)c1. The molecule has 1 aromatic rings. The highest BCUT2D eigenvalue weighted by atomic mass is 16.4. The van der Waals surface area contributed by atoms with Gasteiger partial charge in [-0.25, -0.2) is 4.98 Å². The second-order valence-electron chi connectivity index (χ2n) is 4.31. The first kappa shape index (κ1) is 11.9. The van der Waals surface area contributed by atoms with E-state index in [0.29, 0.717) is 5.56 Å². The summed E-state index contributed by atoms with van der Waals surface area (Å²) in [4.78, 5) is 17.3. The first-order valence-corrected chi connectivity index (χ1v) is 5.88. The Hall–Kier alpha value is -1.62. The van der Waals surface area contributed by atoms with E-state index in [1.54, 1.807) is 18.3 Å². The van der Waals surface area contributed by atoms with Crippen molar-refractivity contribution in [2.24, 2.45) is 5.73 Å². The monoisotopic (exact) mass is 235 g/mol. The number of hydrogen-bond donors (Lipinski definition) is 2. The van der Waals surface area contributed by atoms with Gasteiger partial charge in [0.05, 0.1) is 0 Å². The van der Waals surface area contributed by atoms with E-state index in [-0.39, 0.29) is 0 Å². The molecule has 5 heteroatoms. The van der Waals surface area contributed by atoms with E-state index in [4.69, 9.17) is 10.8 Å². The van der Waals surface area contributed by atoms with Gasteiger partial charge < -0.3 is 15.7 Å². The van der Waals surface area contributed by atoms with Crippen LogP contribution in [0.4, 0.5) is 5.82 Å². The van der Waals surface area contributed by atoms with Crippen LogP contribution in [0.15, 0.2) is 18.3 Å². The molecule has 17 heavy (non-hydrogen) atoms. The number of nitrogens with two attached hydrogens (primary N) is 1. The Morgan fingerprint density at radius 2 is 2.12 bits per heavy atom. The van der Waals surface area contributed by atoms with E-state index in [1.165, 1.54) is 6.42 Å². The molecule has 2 rings (SSSR count). The predicted molar refractivity (Wildman–Crippen MR) is 64.9 cm³/mol. The Kier molecular flexibility index (Phi) is 3.58. The van der Waals surface area contributed by atoms with Crippen LogP contribution in [0, 0.1) is 0 Å². The van der Waals surface area contributed by atoms with Gasteiger partial charge in [0.2, 0.25) is 0 Å². The molecule has 0 saturated carbocycles. The first-order valence-electron chi connectivity index (χ1n) is 5.88. The summed E-state index contributed by atoms with van der Waals surface area (Å²) in [5.41, 5.74) is 6.20. The number of piperidine rings is 1. The molecule has 1 aliphatic heterocycles. The lowest BCUT2D eigenvalue weighted by Crippen LogP contribution is -2.30. The molecule has 1 fully saturated rings. The molecule has 0 spiro atoms. The smallest absolute Gasteiger partial charge is 0.325 e. The van der Waals surface area contributed by atoms with Crippen LogP contribution in [0.3, 0.4) is 0 Å². The first-order chi connectivity index (χ1) is 8.18. The fourth-order valence-corrected chi connectivity index (χ4v) is 2.07. The Bertz CT molecular complexity index is 402. The zero-order valence-electron chi connectivity index (χ0n) is 9.67. The molecule has 3 N–H and O–H groups in total. The fourth-order valence-electron chi connectivity index (χ4n) is 2.07. The summed E-state index contributed by atoms with van der Waals surface area (Å²) in [5.74, 6) is -0.181. The number of rotatable bonds is 3. The summed E-state index contributed by atoms with van der Waals surface area (Å²) in [7, 11) is 0. The van der Waals surface area contributed by atoms with Gasteiger partial charge >= 0.3 is 5.97 Å². The number of pyridine rings is 1. The highest BCUT2D eigenvalue weighted by Crippen LogP contribution is 2.20. The molecule has 5 nitrogen and oxygen atoms in total. The van der Waals surface area contributed by atoms with Crippen molar-refractivity contribution in [3.63, 3.8) is 0 Å². The average Bonchev–Trinajstić information content (AvgIpc) is 2.39. The summed E-state index contributed by atoms with van der Waals surface area (Å²) in [6.45, 7) is 1.97. The molecule has 2 heterocycles. The summed E-state index contributed by atoms with van der Waals surface area (Å²) in [6, 6.07) is 2.47. The van der Waals surface area contributed by atoms with E-state index in [1.807, 2.05) is 0 Å². The van der Waals surface area contributed by atoms with Gasteiger partial charge in [-0.3, -0.25) is 4.79 Å². The third kappa shape index (κ3) is 2.74. The van der Waals surface area contributed by atoms with E-state index in [2.05, 4.69) is 9.88 Å². The zero-order valence-corrected chi connectivity index (χ0v) is 9.67. The summed E-state index contributed by atoms with van der Waals surface area (Å²) in [5, 5.41) is 8.88. The number of carbonyl (C=O) groups is 1. The zero-order chi connectivity index (χ0) is 12.3. The fraction of sp³-hybridized carbons (Fsp3) is 0.500. The molecule has 0 aliphatic carbocycles. The Morgan fingerprint density at radius 1 is 1.41 bits per heavy atom. The van der Waals surface area contributed by atoms with Gasteiger partial charge in [-0.15, -0.1) is 0 Å². The summed E-state index contributed by atoms with van der Waals surface area (Å²) < 4.78 is 0. The lowest BCUT2D eigenvalue weighted by molar-refractivity contribution is -0.138. The van der Waals surface area contributed by atoms with E-state index in [0.717, 1.165) is 31.7 Å². The predicted octanol–water partition coefficient (Wildman–Crippen LogP) is 1.16. The molecule has 1 aliphatic rings. The summed E-state index contributed by atoms with van der Waals surface area (Å²) >= 11 is 0. The van der Waals surface area contributed by atoms with Crippen LogP contribution in [0.5, 0.6) is 0 Å². The molecule has 1 saturated heterocycles. The van der Waals surface area contributed by atoms with Crippen molar-refractivity contribution in [1.29, 1.82) is 0 Å².